The Morgan fingerprint density at radius 2 is 1.84 bits per heavy atom. The van der Waals surface area contributed by atoms with Gasteiger partial charge in [0.1, 0.15) is 11.5 Å². The van der Waals surface area contributed by atoms with E-state index in [1.54, 1.807) is 12.1 Å². The zero-order chi connectivity index (χ0) is 14.2. The number of phenols is 2. The molecular formula is C15H23NO3. The van der Waals surface area contributed by atoms with Crippen molar-refractivity contribution in [3.63, 3.8) is 0 Å². The van der Waals surface area contributed by atoms with Crippen molar-refractivity contribution in [2.45, 2.75) is 45.4 Å². The second-order valence-corrected chi connectivity index (χ2v) is 6.08. The van der Waals surface area contributed by atoms with Gasteiger partial charge in [0, 0.05) is 25.2 Å². The SMILES string of the molecule is CC1CN(C(C)c2cc(O)cc(O)c2)CC(C)(C)O1. The fourth-order valence-electron chi connectivity index (χ4n) is 2.87. The van der Waals surface area contributed by atoms with E-state index >= 15 is 0 Å². The molecule has 1 fully saturated rings. The fourth-order valence-corrected chi connectivity index (χ4v) is 2.87. The van der Waals surface area contributed by atoms with Crippen molar-refractivity contribution in [1.29, 1.82) is 0 Å². The van der Waals surface area contributed by atoms with E-state index in [9.17, 15) is 10.2 Å². The first-order valence-electron chi connectivity index (χ1n) is 6.71. The molecule has 1 heterocycles. The van der Waals surface area contributed by atoms with Crippen LogP contribution in [0.2, 0.25) is 0 Å². The molecule has 4 heteroatoms. The molecule has 1 aliphatic rings. The zero-order valence-electron chi connectivity index (χ0n) is 12.1. The van der Waals surface area contributed by atoms with Crippen molar-refractivity contribution in [2.24, 2.45) is 0 Å². The van der Waals surface area contributed by atoms with Gasteiger partial charge in [-0.15, -0.1) is 0 Å². The van der Waals surface area contributed by atoms with E-state index in [1.165, 1.54) is 6.07 Å². The quantitative estimate of drug-likeness (QED) is 0.863. The van der Waals surface area contributed by atoms with Crippen LogP contribution in [0.1, 0.15) is 39.3 Å². The monoisotopic (exact) mass is 265 g/mol. The lowest BCUT2D eigenvalue weighted by Crippen LogP contribution is -2.52. The Morgan fingerprint density at radius 3 is 2.37 bits per heavy atom. The number of morpholine rings is 1. The number of benzene rings is 1. The van der Waals surface area contributed by atoms with Crippen molar-refractivity contribution in [3.8, 4) is 11.5 Å². The molecule has 2 rings (SSSR count). The number of hydrogen-bond donors (Lipinski definition) is 2. The minimum atomic E-state index is -0.176. The number of aromatic hydroxyl groups is 2. The predicted molar refractivity (Wildman–Crippen MR) is 74.4 cm³/mol. The summed E-state index contributed by atoms with van der Waals surface area (Å²) in [5.41, 5.74) is 0.743. The average molecular weight is 265 g/mol. The Bertz CT molecular complexity index is 438. The van der Waals surface area contributed by atoms with E-state index in [-0.39, 0.29) is 29.2 Å². The molecule has 0 bridgehead atoms. The molecule has 4 nitrogen and oxygen atoms in total. The summed E-state index contributed by atoms with van der Waals surface area (Å²) in [5.74, 6) is 0.199. The maximum atomic E-state index is 9.59. The van der Waals surface area contributed by atoms with Gasteiger partial charge in [-0.3, -0.25) is 4.90 Å². The van der Waals surface area contributed by atoms with E-state index in [0.29, 0.717) is 0 Å². The average Bonchev–Trinajstić information content (AvgIpc) is 2.23. The summed E-state index contributed by atoms with van der Waals surface area (Å²) in [7, 11) is 0. The van der Waals surface area contributed by atoms with E-state index in [2.05, 4.69) is 32.6 Å². The summed E-state index contributed by atoms with van der Waals surface area (Å²) in [6.07, 6.45) is 0.178. The second kappa shape index (κ2) is 5.02. The normalized spacial score (nSPS) is 25.2. The van der Waals surface area contributed by atoms with Crippen molar-refractivity contribution < 1.29 is 14.9 Å². The number of phenolic OH excluding ortho intramolecular Hbond substituents is 2. The summed E-state index contributed by atoms with van der Waals surface area (Å²) in [4.78, 5) is 2.32. The van der Waals surface area contributed by atoms with Crippen LogP contribution in [-0.4, -0.2) is 39.9 Å². The Kier molecular flexibility index (Phi) is 3.74. The van der Waals surface area contributed by atoms with Crippen LogP contribution >= 0.6 is 0 Å². The van der Waals surface area contributed by atoms with Crippen molar-refractivity contribution in [1.82, 2.24) is 4.90 Å². The molecule has 0 spiro atoms. The van der Waals surface area contributed by atoms with Crippen molar-refractivity contribution in [3.05, 3.63) is 23.8 Å². The molecule has 2 unspecified atom stereocenters. The van der Waals surface area contributed by atoms with Crippen LogP contribution in [-0.2, 0) is 4.74 Å². The number of nitrogens with zero attached hydrogens (tertiary/aromatic N) is 1. The standard InChI is InChI=1S/C15H23NO3/c1-10-8-16(9-15(3,4)19-10)11(2)12-5-13(17)7-14(18)6-12/h5-7,10-11,17-18H,8-9H2,1-4H3. The maximum Gasteiger partial charge on any atom is 0.119 e. The first-order valence-corrected chi connectivity index (χ1v) is 6.71. The molecule has 1 aromatic rings. The molecule has 0 aromatic heterocycles. The molecule has 0 aliphatic carbocycles. The van der Waals surface area contributed by atoms with E-state index in [0.717, 1.165) is 18.7 Å². The third-order valence-electron chi connectivity index (χ3n) is 3.55. The molecule has 19 heavy (non-hydrogen) atoms. The van der Waals surface area contributed by atoms with Gasteiger partial charge in [0.15, 0.2) is 0 Å². The molecule has 2 atom stereocenters. The summed E-state index contributed by atoms with van der Waals surface area (Å²) in [5, 5.41) is 19.2. The Balaban J connectivity index is 2.20. The molecule has 0 radical (unpaired) electrons. The lowest BCUT2D eigenvalue weighted by atomic mass is 10.00. The third kappa shape index (κ3) is 3.39. The van der Waals surface area contributed by atoms with Gasteiger partial charge in [-0.2, -0.15) is 0 Å². The molecule has 1 aliphatic heterocycles. The van der Waals surface area contributed by atoms with Crippen LogP contribution in [0, 0.1) is 0 Å². The highest BCUT2D eigenvalue weighted by Crippen LogP contribution is 2.32. The Hall–Kier alpha value is -1.26. The van der Waals surface area contributed by atoms with Gasteiger partial charge in [0.05, 0.1) is 11.7 Å². The number of ether oxygens (including phenoxy) is 1. The summed E-state index contributed by atoms with van der Waals surface area (Å²) < 4.78 is 5.90. The number of hydrogen-bond acceptors (Lipinski definition) is 4. The van der Waals surface area contributed by atoms with Gasteiger partial charge in [0.2, 0.25) is 0 Å². The van der Waals surface area contributed by atoms with Crippen molar-refractivity contribution >= 4 is 0 Å². The third-order valence-corrected chi connectivity index (χ3v) is 3.55. The highest BCUT2D eigenvalue weighted by molar-refractivity contribution is 5.38. The van der Waals surface area contributed by atoms with Gasteiger partial charge in [-0.25, -0.2) is 0 Å². The smallest absolute Gasteiger partial charge is 0.119 e. The minimum Gasteiger partial charge on any atom is -0.508 e. The van der Waals surface area contributed by atoms with Gasteiger partial charge in [-0.1, -0.05) is 0 Å². The van der Waals surface area contributed by atoms with Crippen LogP contribution < -0.4 is 0 Å². The van der Waals surface area contributed by atoms with E-state index in [4.69, 9.17) is 4.74 Å². The predicted octanol–water partition coefficient (Wildman–Crippen LogP) is 2.66. The summed E-state index contributed by atoms with van der Waals surface area (Å²) >= 11 is 0. The van der Waals surface area contributed by atoms with Crippen LogP contribution in [0.3, 0.4) is 0 Å². The van der Waals surface area contributed by atoms with Crippen LogP contribution in [0.15, 0.2) is 18.2 Å². The molecule has 0 saturated carbocycles. The van der Waals surface area contributed by atoms with Crippen molar-refractivity contribution in [2.75, 3.05) is 13.1 Å². The minimum absolute atomic E-state index is 0.0995. The topological polar surface area (TPSA) is 52.9 Å². The molecule has 2 N–H and O–H groups in total. The Labute approximate surface area is 114 Å². The second-order valence-electron chi connectivity index (χ2n) is 6.08. The molecule has 1 aromatic carbocycles. The van der Waals surface area contributed by atoms with E-state index < -0.39 is 0 Å². The first-order chi connectivity index (χ1) is 8.77. The van der Waals surface area contributed by atoms with Gasteiger partial charge >= 0.3 is 0 Å². The molecular weight excluding hydrogens is 242 g/mol. The lowest BCUT2D eigenvalue weighted by Gasteiger charge is -2.44. The zero-order valence-corrected chi connectivity index (χ0v) is 12.1. The lowest BCUT2D eigenvalue weighted by molar-refractivity contribution is -0.137. The van der Waals surface area contributed by atoms with Gasteiger partial charge in [0.25, 0.3) is 0 Å². The fraction of sp³-hybridized carbons (Fsp3) is 0.600. The molecule has 0 amide bonds. The molecule has 1 saturated heterocycles. The van der Waals surface area contributed by atoms with Crippen LogP contribution in [0.4, 0.5) is 0 Å². The van der Waals surface area contributed by atoms with Crippen LogP contribution in [0.5, 0.6) is 11.5 Å². The number of rotatable bonds is 2. The highest BCUT2D eigenvalue weighted by Gasteiger charge is 2.33. The largest absolute Gasteiger partial charge is 0.508 e. The highest BCUT2D eigenvalue weighted by atomic mass is 16.5. The first kappa shape index (κ1) is 14.2. The molecule has 106 valence electrons. The van der Waals surface area contributed by atoms with E-state index in [1.807, 2.05) is 0 Å². The maximum absolute atomic E-state index is 9.59. The van der Waals surface area contributed by atoms with Gasteiger partial charge in [-0.05, 0) is 45.4 Å². The van der Waals surface area contributed by atoms with Crippen LogP contribution in [0.25, 0.3) is 0 Å². The summed E-state index contributed by atoms with van der Waals surface area (Å²) in [6, 6.07) is 4.89. The van der Waals surface area contributed by atoms with Gasteiger partial charge < -0.3 is 14.9 Å². The summed E-state index contributed by atoms with van der Waals surface area (Å²) in [6.45, 7) is 10.0. The Morgan fingerprint density at radius 1 is 1.26 bits per heavy atom.